The molecule has 2 saturated heterocycles. The largest absolute Gasteiger partial charge is 0.325 e. The molecule has 2 rings (SSSR count). The predicted molar refractivity (Wildman–Crippen MR) is 78.3 cm³/mol. The number of piperidine rings is 1. The quantitative estimate of drug-likeness (QED) is 0.848. The van der Waals surface area contributed by atoms with Gasteiger partial charge in [-0.15, -0.1) is 0 Å². The molecule has 110 valence electrons. The Balaban J connectivity index is 1.87. The zero-order valence-electron chi connectivity index (χ0n) is 12.5. The fourth-order valence-electron chi connectivity index (χ4n) is 3.11. The first kappa shape index (κ1) is 14.6. The van der Waals surface area contributed by atoms with E-state index in [1.807, 2.05) is 0 Å². The summed E-state index contributed by atoms with van der Waals surface area (Å²) < 4.78 is 0. The van der Waals surface area contributed by atoms with Crippen LogP contribution in [-0.2, 0) is 0 Å². The fraction of sp³-hybridized carbons (Fsp3) is 0.933. The van der Waals surface area contributed by atoms with E-state index < -0.39 is 0 Å². The van der Waals surface area contributed by atoms with Crippen LogP contribution in [0.4, 0.5) is 4.79 Å². The molecule has 0 spiro atoms. The Hall–Kier alpha value is -0.770. The first-order valence-corrected chi connectivity index (χ1v) is 7.98. The van der Waals surface area contributed by atoms with E-state index in [0.29, 0.717) is 6.04 Å². The van der Waals surface area contributed by atoms with Gasteiger partial charge in [0.25, 0.3) is 0 Å². The van der Waals surface area contributed by atoms with Gasteiger partial charge in [-0.05, 0) is 44.6 Å². The minimum Gasteiger partial charge on any atom is -0.325 e. The Bertz CT molecular complexity index is 281. The zero-order chi connectivity index (χ0) is 13.7. The van der Waals surface area contributed by atoms with Crippen LogP contribution >= 0.6 is 0 Å². The van der Waals surface area contributed by atoms with Gasteiger partial charge in [0.2, 0.25) is 0 Å². The van der Waals surface area contributed by atoms with Gasteiger partial charge in [-0.3, -0.25) is 0 Å². The topological polar surface area (TPSA) is 35.6 Å². The lowest BCUT2D eigenvalue weighted by atomic mass is 9.99. The molecule has 2 heterocycles. The molecular formula is C15H29N3O. The van der Waals surface area contributed by atoms with Gasteiger partial charge in [-0.2, -0.15) is 0 Å². The third kappa shape index (κ3) is 4.10. The summed E-state index contributed by atoms with van der Waals surface area (Å²) in [6.45, 7) is 9.22. The van der Waals surface area contributed by atoms with E-state index in [-0.39, 0.29) is 6.03 Å². The number of hydrogen-bond donors (Lipinski definition) is 1. The first-order valence-electron chi connectivity index (χ1n) is 7.98. The van der Waals surface area contributed by atoms with Crippen LogP contribution in [0.15, 0.2) is 0 Å². The van der Waals surface area contributed by atoms with Crippen LogP contribution in [0.2, 0.25) is 0 Å². The second-order valence-electron chi connectivity index (χ2n) is 6.19. The third-order valence-corrected chi connectivity index (χ3v) is 4.42. The second-order valence-corrected chi connectivity index (χ2v) is 6.19. The highest BCUT2D eigenvalue weighted by Gasteiger charge is 2.26. The number of likely N-dealkylation sites (tertiary alicyclic amines) is 1. The summed E-state index contributed by atoms with van der Waals surface area (Å²) in [5, 5.41) is 3.50. The molecule has 0 saturated carbocycles. The van der Waals surface area contributed by atoms with E-state index in [1.165, 1.54) is 12.8 Å². The number of amides is 2. The standard InChI is InChI=1S/C15H29N3O/c1-3-9-18(12-14-5-4-8-16-14)15(19)17-10-6-13(2)7-11-17/h13-14,16H,3-12H2,1-2H3. The second kappa shape index (κ2) is 7.13. The van der Waals surface area contributed by atoms with Crippen LogP contribution in [0.1, 0.15) is 46.0 Å². The first-order chi connectivity index (χ1) is 9.20. The molecule has 0 aliphatic carbocycles. The van der Waals surface area contributed by atoms with Gasteiger partial charge >= 0.3 is 6.03 Å². The Kier molecular flexibility index (Phi) is 5.49. The van der Waals surface area contributed by atoms with Crippen molar-refractivity contribution in [1.82, 2.24) is 15.1 Å². The average molecular weight is 267 g/mol. The van der Waals surface area contributed by atoms with Crippen molar-refractivity contribution in [2.45, 2.75) is 52.0 Å². The summed E-state index contributed by atoms with van der Waals surface area (Å²) in [5.41, 5.74) is 0. The van der Waals surface area contributed by atoms with E-state index in [4.69, 9.17) is 0 Å². The summed E-state index contributed by atoms with van der Waals surface area (Å²) >= 11 is 0. The summed E-state index contributed by atoms with van der Waals surface area (Å²) in [5.74, 6) is 0.778. The molecule has 2 aliphatic heterocycles. The van der Waals surface area contributed by atoms with Crippen molar-refractivity contribution in [2.24, 2.45) is 5.92 Å². The molecule has 19 heavy (non-hydrogen) atoms. The monoisotopic (exact) mass is 267 g/mol. The molecule has 0 radical (unpaired) electrons. The minimum absolute atomic E-state index is 0.266. The van der Waals surface area contributed by atoms with Crippen molar-refractivity contribution >= 4 is 6.03 Å². The highest BCUT2D eigenvalue weighted by atomic mass is 16.2. The van der Waals surface area contributed by atoms with Gasteiger partial charge in [0, 0.05) is 32.2 Å². The Morgan fingerprint density at radius 3 is 2.63 bits per heavy atom. The number of hydrogen-bond acceptors (Lipinski definition) is 2. The molecule has 0 bridgehead atoms. The lowest BCUT2D eigenvalue weighted by Gasteiger charge is -2.35. The maximum atomic E-state index is 12.6. The molecule has 1 atom stereocenters. The molecule has 0 aromatic carbocycles. The van der Waals surface area contributed by atoms with Crippen molar-refractivity contribution in [1.29, 1.82) is 0 Å². The SMILES string of the molecule is CCCN(CC1CCCN1)C(=O)N1CCC(C)CC1. The molecule has 2 fully saturated rings. The highest BCUT2D eigenvalue weighted by molar-refractivity contribution is 5.74. The van der Waals surface area contributed by atoms with Crippen molar-refractivity contribution in [3.8, 4) is 0 Å². The van der Waals surface area contributed by atoms with E-state index in [2.05, 4.69) is 29.0 Å². The summed E-state index contributed by atoms with van der Waals surface area (Å²) in [4.78, 5) is 16.7. The van der Waals surface area contributed by atoms with Crippen LogP contribution < -0.4 is 5.32 Å². The molecule has 2 amide bonds. The number of rotatable bonds is 4. The van der Waals surface area contributed by atoms with Gasteiger partial charge in [-0.25, -0.2) is 4.79 Å². The maximum Gasteiger partial charge on any atom is 0.320 e. The molecule has 1 unspecified atom stereocenters. The summed E-state index contributed by atoms with van der Waals surface area (Å²) in [6.07, 6.45) is 5.83. The Morgan fingerprint density at radius 2 is 2.05 bits per heavy atom. The van der Waals surface area contributed by atoms with Gasteiger partial charge < -0.3 is 15.1 Å². The normalized spacial score (nSPS) is 24.7. The van der Waals surface area contributed by atoms with Crippen LogP contribution in [0.25, 0.3) is 0 Å². The van der Waals surface area contributed by atoms with E-state index >= 15 is 0 Å². The minimum atomic E-state index is 0.266. The summed E-state index contributed by atoms with van der Waals surface area (Å²) in [6, 6.07) is 0.779. The van der Waals surface area contributed by atoms with Crippen molar-refractivity contribution in [3.05, 3.63) is 0 Å². The van der Waals surface area contributed by atoms with Crippen molar-refractivity contribution in [2.75, 3.05) is 32.7 Å². The molecule has 4 nitrogen and oxygen atoms in total. The molecule has 1 N–H and O–H groups in total. The van der Waals surface area contributed by atoms with Crippen LogP contribution in [0.5, 0.6) is 0 Å². The number of nitrogens with one attached hydrogen (secondary N) is 1. The lowest BCUT2D eigenvalue weighted by Crippen LogP contribution is -2.50. The lowest BCUT2D eigenvalue weighted by molar-refractivity contribution is 0.131. The van der Waals surface area contributed by atoms with Crippen molar-refractivity contribution < 1.29 is 4.79 Å². The molecule has 4 heteroatoms. The summed E-state index contributed by atoms with van der Waals surface area (Å²) in [7, 11) is 0. The van der Waals surface area contributed by atoms with Crippen LogP contribution in [0, 0.1) is 5.92 Å². The predicted octanol–water partition coefficient (Wildman–Crippen LogP) is 2.30. The number of urea groups is 1. The molecule has 0 aromatic heterocycles. The van der Waals surface area contributed by atoms with Gasteiger partial charge in [0.1, 0.15) is 0 Å². The number of nitrogens with zero attached hydrogens (tertiary/aromatic N) is 2. The fourth-order valence-corrected chi connectivity index (χ4v) is 3.11. The number of carbonyl (C=O) groups excluding carboxylic acids is 1. The average Bonchev–Trinajstić information content (AvgIpc) is 2.91. The smallest absolute Gasteiger partial charge is 0.320 e. The molecule has 2 aliphatic rings. The van der Waals surface area contributed by atoms with Crippen LogP contribution in [-0.4, -0.2) is 54.6 Å². The van der Waals surface area contributed by atoms with Crippen molar-refractivity contribution in [3.63, 3.8) is 0 Å². The third-order valence-electron chi connectivity index (χ3n) is 4.42. The Labute approximate surface area is 117 Å². The van der Waals surface area contributed by atoms with Gasteiger partial charge in [0.15, 0.2) is 0 Å². The van der Waals surface area contributed by atoms with Gasteiger partial charge in [-0.1, -0.05) is 13.8 Å². The molecular weight excluding hydrogens is 238 g/mol. The molecule has 0 aromatic rings. The highest BCUT2D eigenvalue weighted by Crippen LogP contribution is 2.18. The van der Waals surface area contributed by atoms with E-state index in [0.717, 1.165) is 57.9 Å². The van der Waals surface area contributed by atoms with Gasteiger partial charge in [0.05, 0.1) is 0 Å². The van der Waals surface area contributed by atoms with E-state index in [9.17, 15) is 4.79 Å². The zero-order valence-corrected chi connectivity index (χ0v) is 12.5. The maximum absolute atomic E-state index is 12.6. The number of carbonyl (C=O) groups is 1. The van der Waals surface area contributed by atoms with E-state index in [1.54, 1.807) is 0 Å². The van der Waals surface area contributed by atoms with Crippen LogP contribution in [0.3, 0.4) is 0 Å². The Morgan fingerprint density at radius 1 is 1.32 bits per heavy atom.